The van der Waals surface area contributed by atoms with Crippen LogP contribution in [0.2, 0.25) is 0 Å². The smallest absolute Gasteiger partial charge is 0.117 e. The van der Waals surface area contributed by atoms with Crippen LogP contribution in [0.5, 0.6) is 0 Å². The van der Waals surface area contributed by atoms with Gasteiger partial charge in [0.15, 0.2) is 0 Å². The molecule has 0 aromatic heterocycles. The minimum atomic E-state index is -0.888. The largest absolute Gasteiger partial charge is 0.380 e. The second-order valence-corrected chi connectivity index (χ2v) is 6.61. The van der Waals surface area contributed by atoms with E-state index in [-0.39, 0.29) is 5.92 Å². The Morgan fingerprint density at radius 3 is 1.83 bits per heavy atom. The van der Waals surface area contributed by atoms with Gasteiger partial charge in [0.2, 0.25) is 0 Å². The molecule has 1 saturated heterocycles. The fourth-order valence-electron chi connectivity index (χ4n) is 3.91. The molecule has 1 heterocycles. The van der Waals surface area contributed by atoms with Crippen LogP contribution in [0.4, 0.5) is 0 Å². The van der Waals surface area contributed by atoms with E-state index in [4.69, 9.17) is 0 Å². The molecule has 23 heavy (non-hydrogen) atoms. The van der Waals surface area contributed by atoms with E-state index in [2.05, 4.69) is 36.1 Å². The Bertz CT molecular complexity index is 548. The molecule has 1 N–H and O–H groups in total. The zero-order valence-electron chi connectivity index (χ0n) is 14.0. The van der Waals surface area contributed by atoms with Crippen LogP contribution >= 0.6 is 0 Å². The lowest BCUT2D eigenvalue weighted by Crippen LogP contribution is -2.44. The molecule has 2 nitrogen and oxygen atoms in total. The zero-order valence-corrected chi connectivity index (χ0v) is 14.0. The molecule has 3 rings (SSSR count). The Balaban J connectivity index is 1.91. The van der Waals surface area contributed by atoms with Crippen LogP contribution in [0.1, 0.15) is 37.3 Å². The fourth-order valence-corrected chi connectivity index (χ4v) is 3.91. The summed E-state index contributed by atoms with van der Waals surface area (Å²) in [5.41, 5.74) is 1.14. The topological polar surface area (TPSA) is 23.5 Å². The predicted molar refractivity (Wildman–Crippen MR) is 95.3 cm³/mol. The molecular formula is C21H27NO. The van der Waals surface area contributed by atoms with Gasteiger partial charge in [0.1, 0.15) is 5.60 Å². The van der Waals surface area contributed by atoms with E-state index in [1.807, 2.05) is 36.4 Å². The second kappa shape index (κ2) is 7.29. The summed E-state index contributed by atoms with van der Waals surface area (Å²) in [6.45, 7) is 5.57. The summed E-state index contributed by atoms with van der Waals surface area (Å²) in [5, 5.41) is 11.8. The molecule has 1 aliphatic heterocycles. The monoisotopic (exact) mass is 309 g/mol. The van der Waals surface area contributed by atoms with E-state index in [1.165, 1.54) is 13.0 Å². The van der Waals surface area contributed by atoms with Crippen molar-refractivity contribution in [3.63, 3.8) is 0 Å². The minimum Gasteiger partial charge on any atom is -0.380 e. The predicted octanol–water partition coefficient (Wildman–Crippen LogP) is 4.04. The van der Waals surface area contributed by atoms with Crippen molar-refractivity contribution in [1.82, 2.24) is 4.90 Å². The summed E-state index contributed by atoms with van der Waals surface area (Å²) in [7, 11) is 0. The number of likely N-dealkylation sites (tertiary alicyclic amines) is 1. The van der Waals surface area contributed by atoms with Crippen molar-refractivity contribution in [3.05, 3.63) is 71.8 Å². The van der Waals surface area contributed by atoms with Crippen molar-refractivity contribution >= 4 is 0 Å². The van der Waals surface area contributed by atoms with Gasteiger partial charge in [-0.25, -0.2) is 0 Å². The minimum absolute atomic E-state index is 0.264. The first kappa shape index (κ1) is 16.2. The van der Waals surface area contributed by atoms with Crippen LogP contribution in [-0.2, 0) is 5.60 Å². The van der Waals surface area contributed by atoms with E-state index in [1.54, 1.807) is 0 Å². The summed E-state index contributed by atoms with van der Waals surface area (Å²) in [6, 6.07) is 20.4. The van der Waals surface area contributed by atoms with Crippen LogP contribution in [0, 0.1) is 5.92 Å². The van der Waals surface area contributed by atoms with Gasteiger partial charge in [-0.15, -0.1) is 0 Å². The summed E-state index contributed by atoms with van der Waals surface area (Å²) in [6.07, 6.45) is 3.28. The third kappa shape index (κ3) is 3.34. The Morgan fingerprint density at radius 2 is 1.39 bits per heavy atom. The highest BCUT2D eigenvalue weighted by Crippen LogP contribution is 2.41. The first-order valence-electron chi connectivity index (χ1n) is 8.81. The van der Waals surface area contributed by atoms with Crippen LogP contribution in [0.25, 0.3) is 0 Å². The van der Waals surface area contributed by atoms with E-state index in [9.17, 15) is 5.11 Å². The molecule has 0 atom stereocenters. The number of aliphatic hydroxyl groups is 1. The molecule has 2 aromatic carbocycles. The molecule has 0 saturated carbocycles. The van der Waals surface area contributed by atoms with Gasteiger partial charge in [0.25, 0.3) is 0 Å². The molecule has 0 spiro atoms. The molecule has 1 aliphatic rings. The van der Waals surface area contributed by atoms with Crippen LogP contribution in [0.15, 0.2) is 60.7 Å². The summed E-state index contributed by atoms with van der Waals surface area (Å²) in [4.78, 5) is 2.52. The van der Waals surface area contributed by atoms with Gasteiger partial charge in [-0.05, 0) is 55.9 Å². The molecule has 2 heteroatoms. The van der Waals surface area contributed by atoms with Crippen molar-refractivity contribution in [2.75, 3.05) is 19.6 Å². The molecule has 0 amide bonds. The van der Waals surface area contributed by atoms with Gasteiger partial charge in [-0.1, -0.05) is 67.6 Å². The quantitative estimate of drug-likeness (QED) is 0.901. The Morgan fingerprint density at radius 1 is 0.913 bits per heavy atom. The first-order chi connectivity index (χ1) is 11.2. The molecule has 0 aliphatic carbocycles. The van der Waals surface area contributed by atoms with Crippen molar-refractivity contribution in [2.24, 2.45) is 5.92 Å². The molecule has 122 valence electrons. The van der Waals surface area contributed by atoms with Crippen LogP contribution < -0.4 is 0 Å². The highest BCUT2D eigenvalue weighted by atomic mass is 16.3. The SMILES string of the molecule is CCCN1CCC(C(O)(c2ccccc2)c2ccccc2)CC1. The van der Waals surface area contributed by atoms with Crippen molar-refractivity contribution < 1.29 is 5.11 Å². The van der Waals surface area contributed by atoms with Crippen LogP contribution in [-0.4, -0.2) is 29.6 Å². The zero-order chi connectivity index (χ0) is 16.1. The highest BCUT2D eigenvalue weighted by molar-refractivity contribution is 5.37. The normalized spacial score (nSPS) is 17.3. The first-order valence-corrected chi connectivity index (χ1v) is 8.81. The molecule has 1 fully saturated rings. The summed E-state index contributed by atoms with van der Waals surface area (Å²) < 4.78 is 0. The van der Waals surface area contributed by atoms with E-state index in [0.29, 0.717) is 0 Å². The van der Waals surface area contributed by atoms with Gasteiger partial charge in [-0.2, -0.15) is 0 Å². The number of nitrogens with zero attached hydrogens (tertiary/aromatic N) is 1. The van der Waals surface area contributed by atoms with Crippen LogP contribution in [0.3, 0.4) is 0 Å². The maximum Gasteiger partial charge on any atom is 0.117 e. The van der Waals surface area contributed by atoms with Gasteiger partial charge < -0.3 is 10.0 Å². The number of rotatable bonds is 5. The van der Waals surface area contributed by atoms with Crippen molar-refractivity contribution in [1.29, 1.82) is 0 Å². The number of hydrogen-bond acceptors (Lipinski definition) is 2. The van der Waals surface area contributed by atoms with E-state index in [0.717, 1.165) is 37.1 Å². The van der Waals surface area contributed by atoms with Crippen molar-refractivity contribution in [3.8, 4) is 0 Å². The average molecular weight is 309 g/mol. The number of hydrogen-bond donors (Lipinski definition) is 1. The lowest BCUT2D eigenvalue weighted by Gasteiger charge is -2.42. The van der Waals surface area contributed by atoms with E-state index < -0.39 is 5.60 Å². The molecule has 0 unspecified atom stereocenters. The van der Waals surface area contributed by atoms with Gasteiger partial charge >= 0.3 is 0 Å². The van der Waals surface area contributed by atoms with E-state index >= 15 is 0 Å². The molecule has 2 aromatic rings. The van der Waals surface area contributed by atoms with Gasteiger partial charge in [-0.3, -0.25) is 0 Å². The van der Waals surface area contributed by atoms with Gasteiger partial charge in [0.05, 0.1) is 0 Å². The molecule has 0 bridgehead atoms. The summed E-state index contributed by atoms with van der Waals surface area (Å²) >= 11 is 0. The Hall–Kier alpha value is -1.64. The molecular weight excluding hydrogens is 282 g/mol. The standard InChI is InChI=1S/C21H27NO/c1-2-15-22-16-13-20(14-17-22)21(23,18-9-5-3-6-10-18)19-11-7-4-8-12-19/h3-12,20,23H,2,13-17H2,1H3. The fraction of sp³-hybridized carbons (Fsp3) is 0.429. The summed E-state index contributed by atoms with van der Waals surface area (Å²) in [5.74, 6) is 0.264. The van der Waals surface area contributed by atoms with Gasteiger partial charge in [0, 0.05) is 0 Å². The second-order valence-electron chi connectivity index (χ2n) is 6.61. The lowest BCUT2D eigenvalue weighted by atomic mass is 9.72. The molecule has 0 radical (unpaired) electrons. The maximum absolute atomic E-state index is 11.8. The van der Waals surface area contributed by atoms with Crippen molar-refractivity contribution in [2.45, 2.75) is 31.8 Å². The number of piperidine rings is 1. The third-order valence-electron chi connectivity index (χ3n) is 5.15. The number of benzene rings is 2. The lowest BCUT2D eigenvalue weighted by molar-refractivity contribution is -0.0141. The average Bonchev–Trinajstić information content (AvgIpc) is 2.63. The Labute approximate surface area is 139 Å². The maximum atomic E-state index is 11.8. The third-order valence-corrected chi connectivity index (χ3v) is 5.15. The Kier molecular flexibility index (Phi) is 5.14. The highest BCUT2D eigenvalue weighted by Gasteiger charge is 2.41.